The second-order valence-corrected chi connectivity index (χ2v) is 8.34. The Morgan fingerprint density at radius 2 is 2.10 bits per heavy atom. The van der Waals surface area contributed by atoms with Crippen molar-refractivity contribution in [3.05, 3.63) is 58.3 Å². The van der Waals surface area contributed by atoms with Gasteiger partial charge in [0.2, 0.25) is 5.91 Å². The van der Waals surface area contributed by atoms with E-state index in [1.54, 1.807) is 13.0 Å². The van der Waals surface area contributed by atoms with Crippen molar-refractivity contribution in [2.75, 3.05) is 0 Å². The zero-order valence-corrected chi connectivity index (χ0v) is 16.8. The van der Waals surface area contributed by atoms with E-state index >= 15 is 0 Å². The van der Waals surface area contributed by atoms with Crippen LogP contribution in [0, 0.1) is 18.3 Å². The van der Waals surface area contributed by atoms with E-state index in [0.717, 1.165) is 42.7 Å². The van der Waals surface area contributed by atoms with Crippen molar-refractivity contribution in [3.63, 3.8) is 0 Å². The molecule has 1 N–H and O–H groups in total. The van der Waals surface area contributed by atoms with Crippen LogP contribution < -0.4 is 5.32 Å². The van der Waals surface area contributed by atoms with Crippen LogP contribution in [0.5, 0.6) is 0 Å². The van der Waals surface area contributed by atoms with E-state index in [1.165, 1.54) is 12.5 Å². The number of carbonyl (C=O) groups excluding carboxylic acids is 1. The third-order valence-electron chi connectivity index (χ3n) is 4.88. The Bertz CT molecular complexity index is 969. The lowest BCUT2D eigenvalue weighted by molar-refractivity contribution is -0.138. The van der Waals surface area contributed by atoms with Crippen LogP contribution in [0.3, 0.4) is 0 Å². The van der Waals surface area contributed by atoms with Crippen LogP contribution in [-0.2, 0) is 17.4 Å². The Balaban J connectivity index is 1.79. The Morgan fingerprint density at radius 3 is 2.79 bits per heavy atom. The number of nitrogens with one attached hydrogen (secondary N) is 1. The molecular weight excluding hydrogens is 399 g/mol. The van der Waals surface area contributed by atoms with E-state index in [9.17, 15) is 23.2 Å². The van der Waals surface area contributed by atoms with Gasteiger partial charge in [0.25, 0.3) is 0 Å². The molecule has 0 unspecified atom stereocenters. The van der Waals surface area contributed by atoms with Crippen molar-refractivity contribution in [3.8, 4) is 6.07 Å². The predicted molar refractivity (Wildman–Crippen MR) is 104 cm³/mol. The van der Waals surface area contributed by atoms with E-state index in [-0.39, 0.29) is 22.7 Å². The van der Waals surface area contributed by atoms with Gasteiger partial charge in [-0.05, 0) is 50.3 Å². The van der Waals surface area contributed by atoms with Gasteiger partial charge in [-0.3, -0.25) is 4.79 Å². The van der Waals surface area contributed by atoms with Gasteiger partial charge >= 0.3 is 6.18 Å². The first-order valence-electron chi connectivity index (χ1n) is 9.24. The van der Waals surface area contributed by atoms with Crippen LogP contribution in [0.15, 0.2) is 35.4 Å². The Hall–Kier alpha value is -2.53. The summed E-state index contributed by atoms with van der Waals surface area (Å²) in [6.45, 7) is 3.04. The molecule has 1 heterocycles. The zero-order chi connectivity index (χ0) is 21.2. The van der Waals surface area contributed by atoms with Crippen molar-refractivity contribution in [2.45, 2.75) is 55.6 Å². The number of carbonyl (C=O) groups is 1. The summed E-state index contributed by atoms with van der Waals surface area (Å²) in [6, 6.07) is 10.3. The minimum atomic E-state index is -4.66. The molecule has 1 aliphatic carbocycles. The van der Waals surface area contributed by atoms with Crippen molar-refractivity contribution in [2.24, 2.45) is 0 Å². The number of benzene rings is 1. The minimum absolute atomic E-state index is 0.0773. The largest absolute Gasteiger partial charge is 0.417 e. The van der Waals surface area contributed by atoms with Gasteiger partial charge in [-0.1, -0.05) is 36.0 Å². The molecule has 0 saturated heterocycles. The van der Waals surface area contributed by atoms with Crippen LogP contribution in [0.25, 0.3) is 0 Å². The maximum Gasteiger partial charge on any atom is 0.417 e. The standard InChI is InChI=1S/C21H20F3N3OS/c1-12-10-17(21(22,23)24)16(11-25)20(26-12)29-13(2)19(28)27-18-9-5-7-14-6-3-4-8-15(14)18/h3-4,6,8,10,13,18H,5,7,9H2,1-2H3,(H,27,28)/t13-,18+/m1/s1. The summed E-state index contributed by atoms with van der Waals surface area (Å²) in [6.07, 6.45) is -1.93. The fraction of sp³-hybridized carbons (Fsp3) is 0.381. The summed E-state index contributed by atoms with van der Waals surface area (Å²) < 4.78 is 39.8. The van der Waals surface area contributed by atoms with Crippen LogP contribution in [0.1, 0.15) is 53.8 Å². The lowest BCUT2D eigenvalue weighted by Crippen LogP contribution is -2.36. The third kappa shape index (κ3) is 4.73. The van der Waals surface area contributed by atoms with Crippen LogP contribution >= 0.6 is 11.8 Å². The minimum Gasteiger partial charge on any atom is -0.348 e. The zero-order valence-electron chi connectivity index (χ0n) is 16.0. The normalized spacial score (nSPS) is 17.2. The van der Waals surface area contributed by atoms with Crippen molar-refractivity contribution in [1.29, 1.82) is 5.26 Å². The number of alkyl halides is 3. The lowest BCUT2D eigenvalue weighted by Gasteiger charge is -2.27. The maximum atomic E-state index is 13.3. The molecule has 2 aromatic rings. The predicted octanol–water partition coefficient (Wildman–Crippen LogP) is 4.95. The quantitative estimate of drug-likeness (QED) is 0.712. The van der Waals surface area contributed by atoms with Gasteiger partial charge in [-0.25, -0.2) is 4.98 Å². The van der Waals surface area contributed by atoms with E-state index in [2.05, 4.69) is 10.3 Å². The Morgan fingerprint density at radius 1 is 1.38 bits per heavy atom. The maximum absolute atomic E-state index is 13.3. The number of amides is 1. The number of hydrogen-bond acceptors (Lipinski definition) is 4. The molecule has 1 aliphatic rings. The van der Waals surface area contributed by atoms with Gasteiger partial charge in [-0.2, -0.15) is 18.4 Å². The number of fused-ring (bicyclic) bond motifs is 1. The number of nitrogens with zero attached hydrogens (tertiary/aromatic N) is 2. The SMILES string of the molecule is Cc1cc(C(F)(F)F)c(C#N)c(S[C@H](C)C(=O)N[C@H]2CCCc3ccccc32)n1. The number of rotatable bonds is 4. The first-order valence-corrected chi connectivity index (χ1v) is 10.1. The molecule has 8 heteroatoms. The van der Waals surface area contributed by atoms with Crippen LogP contribution in [-0.4, -0.2) is 16.1 Å². The van der Waals surface area contributed by atoms with E-state index in [0.29, 0.717) is 0 Å². The molecule has 152 valence electrons. The summed E-state index contributed by atoms with van der Waals surface area (Å²) in [5, 5.41) is 11.5. The summed E-state index contributed by atoms with van der Waals surface area (Å²) >= 11 is 0.872. The molecule has 0 saturated carbocycles. The lowest BCUT2D eigenvalue weighted by atomic mass is 9.88. The molecule has 1 aromatic carbocycles. The highest BCUT2D eigenvalue weighted by atomic mass is 32.2. The fourth-order valence-corrected chi connectivity index (χ4v) is 4.46. The first kappa shape index (κ1) is 21.2. The van der Waals surface area contributed by atoms with E-state index < -0.39 is 22.6 Å². The molecule has 3 rings (SSSR count). The fourth-order valence-electron chi connectivity index (χ4n) is 3.48. The smallest absolute Gasteiger partial charge is 0.348 e. The second-order valence-electron chi connectivity index (χ2n) is 7.01. The number of aromatic nitrogens is 1. The molecule has 0 bridgehead atoms. The molecule has 1 amide bonds. The number of halogens is 3. The van der Waals surface area contributed by atoms with Gasteiger partial charge in [0.1, 0.15) is 11.1 Å². The first-order chi connectivity index (χ1) is 13.7. The van der Waals surface area contributed by atoms with Gasteiger partial charge in [0.15, 0.2) is 0 Å². The van der Waals surface area contributed by atoms with Gasteiger partial charge in [-0.15, -0.1) is 0 Å². The molecule has 0 spiro atoms. The number of nitriles is 1. The monoisotopic (exact) mass is 419 g/mol. The van der Waals surface area contributed by atoms with Crippen molar-refractivity contribution >= 4 is 17.7 Å². The highest BCUT2D eigenvalue weighted by molar-refractivity contribution is 8.00. The average Bonchev–Trinajstić information content (AvgIpc) is 2.67. The summed E-state index contributed by atoms with van der Waals surface area (Å²) in [5.74, 6) is -0.294. The van der Waals surface area contributed by atoms with Gasteiger partial charge < -0.3 is 5.32 Å². The molecule has 0 radical (unpaired) electrons. The number of hydrogen-bond donors (Lipinski definition) is 1. The highest BCUT2D eigenvalue weighted by Crippen LogP contribution is 2.37. The second kappa shape index (κ2) is 8.46. The summed E-state index contributed by atoms with van der Waals surface area (Å²) in [7, 11) is 0. The molecule has 4 nitrogen and oxygen atoms in total. The summed E-state index contributed by atoms with van der Waals surface area (Å²) in [5.41, 5.74) is 0.855. The van der Waals surface area contributed by atoms with Gasteiger partial charge in [0.05, 0.1) is 22.4 Å². The van der Waals surface area contributed by atoms with Crippen LogP contribution in [0.4, 0.5) is 13.2 Å². The van der Waals surface area contributed by atoms with Gasteiger partial charge in [0, 0.05) is 5.69 Å². The highest BCUT2D eigenvalue weighted by Gasteiger charge is 2.36. The molecule has 1 aromatic heterocycles. The van der Waals surface area contributed by atoms with Crippen molar-refractivity contribution < 1.29 is 18.0 Å². The topological polar surface area (TPSA) is 65.8 Å². The Labute approximate surface area is 171 Å². The molecule has 0 aliphatic heterocycles. The third-order valence-corrected chi connectivity index (χ3v) is 5.96. The van der Waals surface area contributed by atoms with E-state index in [4.69, 9.17) is 0 Å². The average molecular weight is 419 g/mol. The summed E-state index contributed by atoms with van der Waals surface area (Å²) in [4.78, 5) is 16.8. The molecule has 0 fully saturated rings. The van der Waals surface area contributed by atoms with E-state index in [1.807, 2.05) is 24.3 Å². The number of aryl methyl sites for hydroxylation is 2. The molecule has 29 heavy (non-hydrogen) atoms. The molecule has 2 atom stereocenters. The van der Waals surface area contributed by atoms with Crippen molar-refractivity contribution in [1.82, 2.24) is 10.3 Å². The Kier molecular flexibility index (Phi) is 6.18. The number of pyridine rings is 1. The molecular formula is C21H20F3N3OS. The number of thioether (sulfide) groups is 1. The van der Waals surface area contributed by atoms with Crippen LogP contribution in [0.2, 0.25) is 0 Å².